The Morgan fingerprint density at radius 3 is 2.63 bits per heavy atom. The number of hydrogen-bond donors (Lipinski definition) is 3. The lowest BCUT2D eigenvalue weighted by molar-refractivity contribution is -0.168. The Balaban J connectivity index is 1.21. The predicted octanol–water partition coefficient (Wildman–Crippen LogP) is 3.33. The van der Waals surface area contributed by atoms with E-state index in [-0.39, 0.29) is 24.1 Å². The molecule has 8 nitrogen and oxygen atoms in total. The number of anilines is 1. The highest BCUT2D eigenvalue weighted by atomic mass is 32.2. The summed E-state index contributed by atoms with van der Waals surface area (Å²) in [6.45, 7) is 5.23. The number of nitrogens with one attached hydrogen (secondary N) is 2. The Kier molecular flexibility index (Phi) is 7.25. The van der Waals surface area contributed by atoms with Gasteiger partial charge < -0.3 is 25.5 Å². The summed E-state index contributed by atoms with van der Waals surface area (Å²) in [5.41, 5.74) is 5.47. The van der Waals surface area contributed by atoms with Crippen LogP contribution in [0.25, 0.3) is 0 Å². The fraction of sp³-hybridized carbons (Fsp3) is 0.344. The maximum Gasteiger partial charge on any atom is 0.255 e. The molecule has 3 N–H and O–H groups in total. The van der Waals surface area contributed by atoms with E-state index in [4.69, 9.17) is 0 Å². The maximum atomic E-state index is 13.8. The van der Waals surface area contributed by atoms with Crippen molar-refractivity contribution < 1.29 is 19.5 Å². The Morgan fingerprint density at radius 1 is 1.10 bits per heavy atom. The number of aliphatic hydroxyl groups is 1. The topological polar surface area (TPSA) is 102 Å². The molecule has 3 amide bonds. The molecule has 2 saturated heterocycles. The van der Waals surface area contributed by atoms with Crippen LogP contribution in [0.2, 0.25) is 0 Å². The molecule has 2 fully saturated rings. The zero-order valence-electron chi connectivity index (χ0n) is 23.2. The van der Waals surface area contributed by atoms with Crippen molar-refractivity contribution in [3.05, 3.63) is 101 Å². The third-order valence-corrected chi connectivity index (χ3v) is 10.0. The molecule has 3 aliphatic heterocycles. The Hall–Kier alpha value is -3.82. The van der Waals surface area contributed by atoms with E-state index >= 15 is 0 Å². The van der Waals surface area contributed by atoms with Crippen LogP contribution in [0, 0.1) is 6.92 Å². The smallest absolute Gasteiger partial charge is 0.255 e. The molecule has 4 atom stereocenters. The number of benzene rings is 3. The molecule has 41 heavy (non-hydrogen) atoms. The SMILES string of the molecule is Cc1ccccc1CN1C(=O)[C@H]2N(C(=O)[C@@H](O)C(Cc3ccccc3)NC(=O)c3cccc4c3CCN4)CSC21C. The number of carbonyl (C=O) groups excluding carboxylic acids is 3. The maximum absolute atomic E-state index is 13.8. The standard InChI is InChI=1S/C32H34N4O4S/c1-20-9-6-7-12-22(20)18-36-31(40)28-32(36,2)41-19-35(28)30(39)27(37)26(17-21-10-4-3-5-11-21)34-29(38)24-13-8-14-25-23(24)15-16-33-25/h3-14,26-28,33,37H,15-19H2,1-2H3,(H,34,38)/t26?,27-,28+,32?/m0/s1. The normalized spacial score (nSPS) is 22.3. The van der Waals surface area contributed by atoms with Crippen molar-refractivity contribution in [1.82, 2.24) is 15.1 Å². The number of amides is 3. The van der Waals surface area contributed by atoms with Gasteiger partial charge in [-0.25, -0.2) is 0 Å². The second-order valence-corrected chi connectivity index (χ2v) is 12.5. The monoisotopic (exact) mass is 570 g/mol. The minimum atomic E-state index is -1.52. The predicted molar refractivity (Wildman–Crippen MR) is 159 cm³/mol. The highest BCUT2D eigenvalue weighted by molar-refractivity contribution is 8.01. The van der Waals surface area contributed by atoms with Crippen LogP contribution >= 0.6 is 11.8 Å². The number of aryl methyl sites for hydroxylation is 1. The molecule has 3 aromatic rings. The van der Waals surface area contributed by atoms with E-state index in [1.807, 2.05) is 85.5 Å². The molecule has 6 rings (SSSR count). The molecule has 0 aliphatic carbocycles. The summed E-state index contributed by atoms with van der Waals surface area (Å²) in [6.07, 6.45) is -0.519. The summed E-state index contributed by atoms with van der Waals surface area (Å²) >= 11 is 1.53. The number of likely N-dealkylation sites (tertiary alicyclic amines) is 1. The third kappa shape index (κ3) is 4.87. The number of thioether (sulfide) groups is 1. The summed E-state index contributed by atoms with van der Waals surface area (Å²) in [5, 5.41) is 17.7. The number of aliphatic hydroxyl groups excluding tert-OH is 1. The van der Waals surface area contributed by atoms with Crippen LogP contribution in [0.3, 0.4) is 0 Å². The number of hydrogen-bond acceptors (Lipinski definition) is 6. The molecule has 0 bridgehead atoms. The molecule has 0 aromatic heterocycles. The van der Waals surface area contributed by atoms with Crippen molar-refractivity contribution in [1.29, 1.82) is 0 Å². The van der Waals surface area contributed by atoms with Crippen molar-refractivity contribution in [3.8, 4) is 0 Å². The van der Waals surface area contributed by atoms with Crippen molar-refractivity contribution >= 4 is 35.2 Å². The fourth-order valence-electron chi connectivity index (χ4n) is 6.17. The van der Waals surface area contributed by atoms with E-state index < -0.39 is 29.0 Å². The van der Waals surface area contributed by atoms with Gasteiger partial charge in [-0.15, -0.1) is 11.8 Å². The van der Waals surface area contributed by atoms with Crippen molar-refractivity contribution in [3.63, 3.8) is 0 Å². The van der Waals surface area contributed by atoms with E-state index in [0.29, 0.717) is 12.1 Å². The first-order chi connectivity index (χ1) is 19.8. The van der Waals surface area contributed by atoms with Gasteiger partial charge in [-0.2, -0.15) is 0 Å². The lowest BCUT2D eigenvalue weighted by Crippen LogP contribution is -2.73. The Morgan fingerprint density at radius 2 is 1.85 bits per heavy atom. The first-order valence-corrected chi connectivity index (χ1v) is 15.0. The van der Waals surface area contributed by atoms with Gasteiger partial charge in [0.25, 0.3) is 11.8 Å². The lowest BCUT2D eigenvalue weighted by atomic mass is 9.91. The highest BCUT2D eigenvalue weighted by Crippen LogP contribution is 2.51. The van der Waals surface area contributed by atoms with Crippen molar-refractivity contribution in [2.75, 3.05) is 17.7 Å². The molecule has 3 aromatic carbocycles. The molecule has 9 heteroatoms. The van der Waals surface area contributed by atoms with Gasteiger partial charge in [-0.05, 0) is 61.1 Å². The van der Waals surface area contributed by atoms with E-state index in [2.05, 4.69) is 10.6 Å². The largest absolute Gasteiger partial charge is 0.384 e. The molecule has 3 aliphatic rings. The second-order valence-electron chi connectivity index (χ2n) is 11.1. The van der Waals surface area contributed by atoms with Crippen LogP contribution in [-0.4, -0.2) is 68.1 Å². The molecule has 0 spiro atoms. The average Bonchev–Trinajstić information content (AvgIpc) is 3.59. The quantitative estimate of drug-likeness (QED) is 0.359. The number of fused-ring (bicyclic) bond motifs is 2. The van der Waals surface area contributed by atoms with E-state index in [0.717, 1.165) is 40.9 Å². The second kappa shape index (κ2) is 10.9. The van der Waals surface area contributed by atoms with Crippen LogP contribution in [0.15, 0.2) is 72.8 Å². The lowest BCUT2D eigenvalue weighted by Gasteiger charge is -2.53. The molecule has 0 saturated carbocycles. The van der Waals surface area contributed by atoms with E-state index in [9.17, 15) is 19.5 Å². The minimum Gasteiger partial charge on any atom is -0.384 e. The summed E-state index contributed by atoms with van der Waals surface area (Å²) < 4.78 is 0. The molecular weight excluding hydrogens is 536 g/mol. The fourth-order valence-corrected chi connectivity index (χ4v) is 7.54. The van der Waals surface area contributed by atoms with Crippen LogP contribution in [-0.2, 0) is 29.0 Å². The van der Waals surface area contributed by atoms with Gasteiger partial charge in [-0.3, -0.25) is 14.4 Å². The van der Waals surface area contributed by atoms with Crippen LogP contribution in [0.4, 0.5) is 5.69 Å². The Labute approximate surface area is 244 Å². The van der Waals surface area contributed by atoms with E-state index in [1.54, 1.807) is 6.07 Å². The highest BCUT2D eigenvalue weighted by Gasteiger charge is 2.65. The third-order valence-electron chi connectivity index (χ3n) is 8.58. The number of rotatable bonds is 8. The molecular formula is C32H34N4O4S. The van der Waals surface area contributed by atoms with Gasteiger partial charge >= 0.3 is 0 Å². The summed E-state index contributed by atoms with van der Waals surface area (Å²) in [7, 11) is 0. The number of nitrogens with zero attached hydrogens (tertiary/aromatic N) is 2. The Bertz CT molecular complexity index is 1500. The van der Waals surface area contributed by atoms with Crippen LogP contribution in [0.5, 0.6) is 0 Å². The van der Waals surface area contributed by atoms with Gasteiger partial charge in [0.2, 0.25) is 5.91 Å². The average molecular weight is 571 g/mol. The van der Waals surface area contributed by atoms with Crippen molar-refractivity contribution in [2.45, 2.75) is 56.3 Å². The first kappa shape index (κ1) is 27.4. The van der Waals surface area contributed by atoms with Gasteiger partial charge in [0.15, 0.2) is 6.10 Å². The van der Waals surface area contributed by atoms with Gasteiger partial charge in [-0.1, -0.05) is 60.7 Å². The van der Waals surface area contributed by atoms with Gasteiger partial charge in [0.05, 0.1) is 11.9 Å². The first-order valence-electron chi connectivity index (χ1n) is 14.0. The zero-order chi connectivity index (χ0) is 28.7. The molecule has 212 valence electrons. The van der Waals surface area contributed by atoms with E-state index in [1.165, 1.54) is 16.7 Å². The van der Waals surface area contributed by atoms with Gasteiger partial charge in [0.1, 0.15) is 10.9 Å². The number of carbonyl (C=O) groups is 3. The van der Waals surface area contributed by atoms with Crippen molar-refractivity contribution in [2.24, 2.45) is 0 Å². The minimum absolute atomic E-state index is 0.128. The molecule has 3 heterocycles. The molecule has 0 radical (unpaired) electrons. The summed E-state index contributed by atoms with van der Waals surface area (Å²) in [4.78, 5) is 43.4. The zero-order valence-corrected chi connectivity index (χ0v) is 24.0. The van der Waals surface area contributed by atoms with Gasteiger partial charge in [0, 0.05) is 24.3 Å². The van der Waals surface area contributed by atoms with Crippen LogP contribution in [0.1, 0.15) is 39.5 Å². The molecule has 2 unspecified atom stereocenters. The van der Waals surface area contributed by atoms with Crippen LogP contribution < -0.4 is 10.6 Å². The summed E-state index contributed by atoms with van der Waals surface area (Å²) in [5.74, 6) is -0.714. The number of β-lactam (4-membered cyclic amide) rings is 1. The summed E-state index contributed by atoms with van der Waals surface area (Å²) in [6, 6.07) is 21.5.